The van der Waals surface area contributed by atoms with Crippen LogP contribution in [0.15, 0.2) is 24.3 Å². The van der Waals surface area contributed by atoms with Gasteiger partial charge in [-0.25, -0.2) is 4.79 Å². The molecule has 2 aliphatic rings. The zero-order valence-corrected chi connectivity index (χ0v) is 12.2. The Bertz CT molecular complexity index is 584. The lowest BCUT2D eigenvalue weighted by Gasteiger charge is -2.25. The fourth-order valence-electron chi connectivity index (χ4n) is 3.06. The highest BCUT2D eigenvalue weighted by Gasteiger charge is 2.56. The number of hydrogen-bond donors (Lipinski definition) is 1. The van der Waals surface area contributed by atoms with Gasteiger partial charge in [-0.05, 0) is 30.7 Å². The molecular formula is C15H19N4O2. The van der Waals surface area contributed by atoms with E-state index >= 15 is 0 Å². The Kier molecular flexibility index (Phi) is 3.04. The summed E-state index contributed by atoms with van der Waals surface area (Å²) < 4.78 is 0. The third-order valence-corrected chi connectivity index (χ3v) is 4.28. The van der Waals surface area contributed by atoms with E-state index in [0.717, 1.165) is 11.4 Å². The summed E-state index contributed by atoms with van der Waals surface area (Å²) in [5, 5.41) is 0. The van der Waals surface area contributed by atoms with Crippen molar-refractivity contribution in [2.24, 2.45) is 5.73 Å². The van der Waals surface area contributed by atoms with Crippen LogP contribution in [0.3, 0.4) is 0 Å². The molecule has 0 unspecified atom stereocenters. The molecule has 6 nitrogen and oxygen atoms in total. The number of rotatable bonds is 3. The molecule has 1 aromatic rings. The minimum atomic E-state index is -0.947. The quantitative estimate of drug-likeness (QED) is 0.895. The lowest BCUT2D eigenvalue weighted by molar-refractivity contribution is -0.124. The van der Waals surface area contributed by atoms with Crippen LogP contribution in [0.2, 0.25) is 0 Å². The SMILES string of the molecule is CN(C)c1ccc(N2C[C@@]3(C(N)=O)[CH]CCN3C2=O)cc1. The lowest BCUT2D eigenvalue weighted by Crippen LogP contribution is -2.53. The van der Waals surface area contributed by atoms with Crippen molar-refractivity contribution in [1.29, 1.82) is 0 Å². The first-order valence-corrected chi connectivity index (χ1v) is 6.96. The third kappa shape index (κ3) is 1.93. The van der Waals surface area contributed by atoms with Crippen molar-refractivity contribution in [3.63, 3.8) is 0 Å². The number of carbonyl (C=O) groups excluding carboxylic acids is 2. The largest absolute Gasteiger partial charge is 0.378 e. The fourth-order valence-corrected chi connectivity index (χ4v) is 3.06. The summed E-state index contributed by atoms with van der Waals surface area (Å²) in [4.78, 5) is 29.6. The monoisotopic (exact) mass is 287 g/mol. The Hall–Kier alpha value is -2.24. The van der Waals surface area contributed by atoms with Gasteiger partial charge in [-0.2, -0.15) is 0 Å². The van der Waals surface area contributed by atoms with Crippen molar-refractivity contribution < 1.29 is 9.59 Å². The first-order chi connectivity index (χ1) is 9.95. The smallest absolute Gasteiger partial charge is 0.325 e. The second kappa shape index (κ2) is 4.65. The zero-order valence-electron chi connectivity index (χ0n) is 12.2. The summed E-state index contributed by atoms with van der Waals surface area (Å²) in [5.74, 6) is -0.458. The number of fused-ring (bicyclic) bond motifs is 1. The molecule has 0 aromatic heterocycles. The van der Waals surface area contributed by atoms with Crippen LogP contribution in [0.25, 0.3) is 0 Å². The maximum Gasteiger partial charge on any atom is 0.325 e. The molecule has 2 heterocycles. The van der Waals surface area contributed by atoms with Gasteiger partial charge in [0.15, 0.2) is 0 Å². The predicted molar refractivity (Wildman–Crippen MR) is 81.1 cm³/mol. The Balaban J connectivity index is 1.91. The number of benzene rings is 1. The van der Waals surface area contributed by atoms with Crippen LogP contribution in [0.5, 0.6) is 0 Å². The summed E-state index contributed by atoms with van der Waals surface area (Å²) in [7, 11) is 3.92. The van der Waals surface area contributed by atoms with Crippen LogP contribution in [0.1, 0.15) is 6.42 Å². The molecule has 6 heteroatoms. The van der Waals surface area contributed by atoms with Crippen molar-refractivity contribution in [2.45, 2.75) is 12.0 Å². The second-order valence-electron chi connectivity index (χ2n) is 5.71. The van der Waals surface area contributed by atoms with Gasteiger partial charge < -0.3 is 15.5 Å². The molecule has 0 aliphatic carbocycles. The number of carbonyl (C=O) groups is 2. The van der Waals surface area contributed by atoms with Crippen LogP contribution < -0.4 is 15.5 Å². The molecule has 2 fully saturated rings. The molecule has 0 saturated carbocycles. The Labute approximate surface area is 124 Å². The van der Waals surface area contributed by atoms with Crippen molar-refractivity contribution in [2.75, 3.05) is 37.0 Å². The van der Waals surface area contributed by atoms with E-state index < -0.39 is 11.4 Å². The maximum absolute atomic E-state index is 12.5. The standard InChI is InChI=1S/C15H19N4O2/c1-17(2)11-4-6-12(7-5-11)18-10-15(13(16)20)8-3-9-19(15)14(18)21/h4-8H,3,9-10H2,1-2H3,(H2,16,20)/t15-/m1/s1. The Morgan fingerprint density at radius 2 is 1.95 bits per heavy atom. The molecule has 2 aliphatic heterocycles. The van der Waals surface area contributed by atoms with Crippen molar-refractivity contribution >= 4 is 23.3 Å². The average molecular weight is 287 g/mol. The van der Waals surface area contributed by atoms with E-state index in [1.165, 1.54) is 0 Å². The van der Waals surface area contributed by atoms with E-state index in [1.54, 1.807) is 9.80 Å². The summed E-state index contributed by atoms with van der Waals surface area (Å²) >= 11 is 0. The number of nitrogens with zero attached hydrogens (tertiary/aromatic N) is 3. The number of amides is 3. The topological polar surface area (TPSA) is 69.9 Å². The van der Waals surface area contributed by atoms with E-state index in [0.29, 0.717) is 19.5 Å². The zero-order chi connectivity index (χ0) is 15.2. The summed E-state index contributed by atoms with van der Waals surface area (Å²) in [6.45, 7) is 0.844. The third-order valence-electron chi connectivity index (χ3n) is 4.28. The Morgan fingerprint density at radius 1 is 1.29 bits per heavy atom. The summed E-state index contributed by atoms with van der Waals surface area (Å²) in [6, 6.07) is 7.54. The molecule has 2 N–H and O–H groups in total. The van der Waals surface area contributed by atoms with Crippen LogP contribution >= 0.6 is 0 Å². The number of nitrogens with two attached hydrogens (primary N) is 1. The van der Waals surface area contributed by atoms with Gasteiger partial charge in [0, 0.05) is 38.4 Å². The first-order valence-electron chi connectivity index (χ1n) is 6.96. The summed E-state index contributed by atoms with van der Waals surface area (Å²) in [5.41, 5.74) is 6.44. The Morgan fingerprint density at radius 3 is 2.48 bits per heavy atom. The molecule has 111 valence electrons. The minimum absolute atomic E-state index is 0.153. The highest BCUT2D eigenvalue weighted by atomic mass is 16.2. The van der Waals surface area contributed by atoms with Crippen molar-refractivity contribution in [3.8, 4) is 0 Å². The van der Waals surface area contributed by atoms with Crippen LogP contribution in [0, 0.1) is 6.42 Å². The molecule has 3 rings (SSSR count). The van der Waals surface area contributed by atoms with Gasteiger partial charge >= 0.3 is 6.03 Å². The highest BCUT2D eigenvalue weighted by molar-refractivity contribution is 6.04. The van der Waals surface area contributed by atoms with Gasteiger partial charge in [-0.1, -0.05) is 0 Å². The number of urea groups is 1. The molecule has 3 amide bonds. The molecule has 1 atom stereocenters. The molecule has 21 heavy (non-hydrogen) atoms. The van der Waals surface area contributed by atoms with Crippen LogP contribution in [0.4, 0.5) is 16.2 Å². The molecular weight excluding hydrogens is 268 g/mol. The van der Waals surface area contributed by atoms with E-state index in [2.05, 4.69) is 0 Å². The van der Waals surface area contributed by atoms with Crippen molar-refractivity contribution in [3.05, 3.63) is 30.7 Å². The van der Waals surface area contributed by atoms with Gasteiger partial charge in [0.05, 0.1) is 6.54 Å². The normalized spacial score (nSPS) is 24.4. The average Bonchev–Trinajstić information content (AvgIpc) is 2.99. The first kappa shape index (κ1) is 13.7. The molecule has 1 radical (unpaired) electrons. The minimum Gasteiger partial charge on any atom is -0.378 e. The van der Waals surface area contributed by atoms with Gasteiger partial charge in [0.1, 0.15) is 5.54 Å². The highest BCUT2D eigenvalue weighted by Crippen LogP contribution is 2.38. The number of hydrogen-bond acceptors (Lipinski definition) is 3. The van der Waals surface area contributed by atoms with Crippen molar-refractivity contribution in [1.82, 2.24) is 4.90 Å². The second-order valence-corrected chi connectivity index (χ2v) is 5.71. The van der Waals surface area contributed by atoms with Gasteiger partial charge in [0.2, 0.25) is 5.91 Å². The maximum atomic E-state index is 12.5. The number of primary amides is 1. The van der Waals surface area contributed by atoms with E-state index in [4.69, 9.17) is 5.73 Å². The number of anilines is 2. The van der Waals surface area contributed by atoms with E-state index in [9.17, 15) is 9.59 Å². The molecule has 0 spiro atoms. The molecule has 2 saturated heterocycles. The van der Waals surface area contributed by atoms with Gasteiger partial charge in [0.25, 0.3) is 0 Å². The molecule has 1 aromatic carbocycles. The van der Waals surface area contributed by atoms with E-state index in [-0.39, 0.29) is 6.03 Å². The molecule has 0 bridgehead atoms. The lowest BCUT2D eigenvalue weighted by atomic mass is 9.96. The summed E-state index contributed by atoms with van der Waals surface area (Å²) in [6.07, 6.45) is 2.57. The fraction of sp³-hybridized carbons (Fsp3) is 0.400. The van der Waals surface area contributed by atoms with E-state index in [1.807, 2.05) is 49.7 Å². The van der Waals surface area contributed by atoms with Gasteiger partial charge in [-0.3, -0.25) is 9.69 Å². The van der Waals surface area contributed by atoms with Crippen LogP contribution in [-0.4, -0.2) is 49.6 Å². The predicted octanol–water partition coefficient (Wildman–Crippen LogP) is 0.827. The van der Waals surface area contributed by atoms with Gasteiger partial charge in [-0.15, -0.1) is 0 Å². The van der Waals surface area contributed by atoms with Crippen LogP contribution in [-0.2, 0) is 4.79 Å².